The normalized spacial score (nSPS) is 9.76. The average Bonchev–Trinajstić information content (AvgIpc) is 2.48. The van der Waals surface area contributed by atoms with Gasteiger partial charge in [-0.15, -0.1) is 0 Å². The van der Waals surface area contributed by atoms with Crippen LogP contribution in [0.25, 0.3) is 0 Å². The number of carbonyl (C=O) groups excluding carboxylic acids is 1. The predicted octanol–water partition coefficient (Wildman–Crippen LogP) is 3.25. The SMILES string of the molecule is COc1ccc(NC(=O)Nc2cccc([N+](=O)[O-])c2)cc1. The fraction of sp³-hybridized carbons (Fsp3) is 0.0714. The molecule has 0 aliphatic rings. The van der Waals surface area contributed by atoms with Crippen molar-refractivity contribution < 1.29 is 14.5 Å². The van der Waals surface area contributed by atoms with E-state index in [4.69, 9.17) is 4.74 Å². The molecule has 7 heteroatoms. The number of rotatable bonds is 4. The Kier molecular flexibility index (Phi) is 4.35. The van der Waals surface area contributed by atoms with Gasteiger partial charge in [-0.3, -0.25) is 10.1 Å². The number of ether oxygens (including phenoxy) is 1. The van der Waals surface area contributed by atoms with Crippen LogP contribution in [0, 0.1) is 10.1 Å². The van der Waals surface area contributed by atoms with Gasteiger partial charge in [0.15, 0.2) is 0 Å². The topological polar surface area (TPSA) is 93.5 Å². The molecule has 2 rings (SSSR count). The Balaban J connectivity index is 2.00. The average molecular weight is 287 g/mol. The number of amides is 2. The van der Waals surface area contributed by atoms with Crippen molar-refractivity contribution in [3.05, 3.63) is 58.6 Å². The number of nitro benzene ring substituents is 1. The maximum atomic E-state index is 11.8. The van der Waals surface area contributed by atoms with Crippen LogP contribution in [0.4, 0.5) is 21.9 Å². The minimum absolute atomic E-state index is 0.0859. The molecule has 2 aromatic rings. The van der Waals surface area contributed by atoms with Crippen molar-refractivity contribution in [1.82, 2.24) is 0 Å². The molecule has 0 spiro atoms. The third-order valence-electron chi connectivity index (χ3n) is 2.66. The van der Waals surface area contributed by atoms with Gasteiger partial charge in [-0.05, 0) is 30.3 Å². The van der Waals surface area contributed by atoms with Crippen LogP contribution < -0.4 is 15.4 Å². The first-order chi connectivity index (χ1) is 10.1. The smallest absolute Gasteiger partial charge is 0.323 e. The van der Waals surface area contributed by atoms with E-state index in [1.165, 1.54) is 18.2 Å². The Morgan fingerprint density at radius 2 is 1.76 bits per heavy atom. The summed E-state index contributed by atoms with van der Waals surface area (Å²) in [5.74, 6) is 0.680. The van der Waals surface area contributed by atoms with Crippen LogP contribution >= 0.6 is 0 Å². The highest BCUT2D eigenvalue weighted by Gasteiger charge is 2.08. The number of urea groups is 1. The van der Waals surface area contributed by atoms with Crippen LogP contribution in [-0.4, -0.2) is 18.1 Å². The monoisotopic (exact) mass is 287 g/mol. The predicted molar refractivity (Wildman–Crippen MR) is 78.7 cm³/mol. The van der Waals surface area contributed by atoms with Gasteiger partial charge in [-0.25, -0.2) is 4.79 Å². The van der Waals surface area contributed by atoms with Gasteiger partial charge in [0.25, 0.3) is 5.69 Å². The number of benzene rings is 2. The quantitative estimate of drug-likeness (QED) is 0.666. The van der Waals surface area contributed by atoms with Gasteiger partial charge >= 0.3 is 6.03 Å². The Bertz CT molecular complexity index is 656. The minimum atomic E-state index is -0.521. The standard InChI is InChI=1S/C14H13N3O4/c1-21-13-7-5-10(6-8-13)15-14(18)16-11-3-2-4-12(9-11)17(19)20/h2-9H,1H3,(H2,15,16,18). The lowest BCUT2D eigenvalue weighted by Gasteiger charge is -2.08. The maximum absolute atomic E-state index is 11.8. The second-order valence-corrected chi connectivity index (χ2v) is 4.12. The third-order valence-corrected chi connectivity index (χ3v) is 2.66. The number of anilines is 2. The van der Waals surface area contributed by atoms with Crippen LogP contribution in [0.1, 0.15) is 0 Å². The fourth-order valence-corrected chi connectivity index (χ4v) is 1.67. The van der Waals surface area contributed by atoms with Gasteiger partial charge in [0, 0.05) is 23.5 Å². The Morgan fingerprint density at radius 1 is 1.10 bits per heavy atom. The first-order valence-electron chi connectivity index (χ1n) is 6.05. The number of nitrogens with one attached hydrogen (secondary N) is 2. The number of nitrogens with zero attached hydrogens (tertiary/aromatic N) is 1. The second-order valence-electron chi connectivity index (χ2n) is 4.12. The van der Waals surface area contributed by atoms with E-state index in [9.17, 15) is 14.9 Å². The fourth-order valence-electron chi connectivity index (χ4n) is 1.67. The zero-order valence-corrected chi connectivity index (χ0v) is 11.2. The van der Waals surface area contributed by atoms with Gasteiger partial charge < -0.3 is 15.4 Å². The number of methoxy groups -OCH3 is 1. The van der Waals surface area contributed by atoms with E-state index in [1.54, 1.807) is 37.4 Å². The van der Waals surface area contributed by atoms with Gasteiger partial charge in [0.1, 0.15) is 5.75 Å². The van der Waals surface area contributed by atoms with E-state index in [0.717, 1.165) is 0 Å². The van der Waals surface area contributed by atoms with Crippen molar-refractivity contribution in [2.24, 2.45) is 0 Å². The molecule has 0 fully saturated rings. The van der Waals surface area contributed by atoms with Crippen LogP contribution in [-0.2, 0) is 0 Å². The number of hydrogen-bond acceptors (Lipinski definition) is 4. The van der Waals surface area contributed by atoms with E-state index in [-0.39, 0.29) is 5.69 Å². The van der Waals surface area contributed by atoms with E-state index < -0.39 is 11.0 Å². The van der Waals surface area contributed by atoms with E-state index >= 15 is 0 Å². The lowest BCUT2D eigenvalue weighted by atomic mass is 10.3. The number of carbonyl (C=O) groups is 1. The molecule has 0 saturated carbocycles. The molecule has 2 aromatic carbocycles. The molecule has 108 valence electrons. The van der Waals surface area contributed by atoms with Crippen molar-refractivity contribution in [2.75, 3.05) is 17.7 Å². The van der Waals surface area contributed by atoms with Gasteiger partial charge in [0.2, 0.25) is 0 Å². The summed E-state index contributed by atoms with van der Waals surface area (Å²) in [6, 6.07) is 12.0. The van der Waals surface area contributed by atoms with Gasteiger partial charge in [0.05, 0.1) is 12.0 Å². The lowest BCUT2D eigenvalue weighted by Crippen LogP contribution is -2.19. The Labute approximate surface area is 120 Å². The minimum Gasteiger partial charge on any atom is -0.497 e. The Morgan fingerprint density at radius 3 is 2.38 bits per heavy atom. The molecule has 2 N–H and O–H groups in total. The highest BCUT2D eigenvalue weighted by atomic mass is 16.6. The molecule has 0 bridgehead atoms. The molecule has 0 unspecified atom stereocenters. The summed E-state index contributed by atoms with van der Waals surface area (Å²) >= 11 is 0. The van der Waals surface area contributed by atoms with Crippen molar-refractivity contribution in [2.45, 2.75) is 0 Å². The Hall–Kier alpha value is -3.09. The lowest BCUT2D eigenvalue weighted by molar-refractivity contribution is -0.384. The summed E-state index contributed by atoms with van der Waals surface area (Å²) < 4.78 is 5.01. The number of hydrogen-bond donors (Lipinski definition) is 2. The first-order valence-corrected chi connectivity index (χ1v) is 6.05. The van der Waals surface area contributed by atoms with Crippen molar-refractivity contribution in [3.8, 4) is 5.75 Å². The summed E-state index contributed by atoms with van der Waals surface area (Å²) in [6.45, 7) is 0. The largest absolute Gasteiger partial charge is 0.497 e. The zero-order valence-electron chi connectivity index (χ0n) is 11.2. The molecule has 0 aromatic heterocycles. The summed E-state index contributed by atoms with van der Waals surface area (Å²) in [5, 5.41) is 15.8. The van der Waals surface area contributed by atoms with Crippen LogP contribution in [0.15, 0.2) is 48.5 Å². The second kappa shape index (κ2) is 6.38. The van der Waals surface area contributed by atoms with E-state index in [1.807, 2.05) is 0 Å². The first kappa shape index (κ1) is 14.3. The van der Waals surface area contributed by atoms with Crippen LogP contribution in [0.2, 0.25) is 0 Å². The summed E-state index contributed by atoms with van der Waals surface area (Å²) in [4.78, 5) is 21.9. The molecule has 2 amide bonds. The van der Waals surface area contributed by atoms with Gasteiger partial charge in [-0.2, -0.15) is 0 Å². The molecule has 21 heavy (non-hydrogen) atoms. The molecule has 0 saturated heterocycles. The highest BCUT2D eigenvalue weighted by Crippen LogP contribution is 2.18. The molecule has 0 aliphatic carbocycles. The number of nitro groups is 1. The maximum Gasteiger partial charge on any atom is 0.323 e. The van der Waals surface area contributed by atoms with Gasteiger partial charge in [-0.1, -0.05) is 6.07 Å². The van der Waals surface area contributed by atoms with E-state index in [0.29, 0.717) is 17.1 Å². The molecular formula is C14H13N3O4. The molecule has 0 atom stereocenters. The molecule has 0 aliphatic heterocycles. The molecule has 0 heterocycles. The molecule has 0 radical (unpaired) electrons. The van der Waals surface area contributed by atoms with Crippen LogP contribution in [0.5, 0.6) is 5.75 Å². The molecular weight excluding hydrogens is 274 g/mol. The van der Waals surface area contributed by atoms with Crippen molar-refractivity contribution >= 4 is 23.1 Å². The summed E-state index contributed by atoms with van der Waals surface area (Å²) in [7, 11) is 1.55. The van der Waals surface area contributed by atoms with Crippen LogP contribution in [0.3, 0.4) is 0 Å². The van der Waals surface area contributed by atoms with Crippen molar-refractivity contribution in [1.29, 1.82) is 0 Å². The molecule has 7 nitrogen and oxygen atoms in total. The highest BCUT2D eigenvalue weighted by molar-refractivity contribution is 5.99. The zero-order chi connectivity index (χ0) is 15.2. The third kappa shape index (κ3) is 3.93. The summed E-state index contributed by atoms with van der Waals surface area (Å²) in [5.41, 5.74) is 0.839. The summed E-state index contributed by atoms with van der Waals surface area (Å²) in [6.07, 6.45) is 0. The number of non-ortho nitro benzene ring substituents is 1. The van der Waals surface area contributed by atoms with E-state index in [2.05, 4.69) is 10.6 Å². The van der Waals surface area contributed by atoms with Crippen molar-refractivity contribution in [3.63, 3.8) is 0 Å².